The molecule has 0 amide bonds. The van der Waals surface area contributed by atoms with Gasteiger partial charge in [-0.05, 0) is 65.7 Å². The second kappa shape index (κ2) is 11.9. The monoisotopic (exact) mass is 600 g/mol. The number of nitrogens with two attached hydrogens (primary N) is 1. The van der Waals surface area contributed by atoms with Crippen LogP contribution in [0, 0.1) is 17.1 Å². The van der Waals surface area contributed by atoms with Gasteiger partial charge in [-0.2, -0.15) is 5.26 Å². The van der Waals surface area contributed by atoms with Gasteiger partial charge in [0.1, 0.15) is 47.1 Å². The lowest BCUT2D eigenvalue weighted by Gasteiger charge is -2.27. The minimum Gasteiger partial charge on any atom is -0.489 e. The van der Waals surface area contributed by atoms with E-state index in [4.69, 9.17) is 24.7 Å². The first-order valence-corrected chi connectivity index (χ1v) is 13.0. The Balaban J connectivity index is 1.33. The Bertz CT molecular complexity index is 1610. The first-order chi connectivity index (χ1) is 19.4. The number of carbonyl (C=O) groups excluding carboxylic acids is 1. The molecule has 1 atom stereocenters. The van der Waals surface area contributed by atoms with Gasteiger partial charge in [0, 0.05) is 16.1 Å². The number of hydrogen-bond acceptors (Lipinski definition) is 7. The number of nitriles is 1. The number of hydrogen-bond donors (Lipinski definition) is 1. The van der Waals surface area contributed by atoms with E-state index in [-0.39, 0.29) is 36.2 Å². The van der Waals surface area contributed by atoms with Crippen LogP contribution in [0.1, 0.15) is 22.6 Å². The van der Waals surface area contributed by atoms with Crippen LogP contribution in [0.2, 0.25) is 0 Å². The van der Waals surface area contributed by atoms with Gasteiger partial charge in [-0.25, -0.2) is 9.18 Å². The number of ether oxygens (including phenoxy) is 4. The summed E-state index contributed by atoms with van der Waals surface area (Å²) in [5, 5.41) is 9.89. The molecule has 1 aliphatic heterocycles. The zero-order chi connectivity index (χ0) is 28.1. The molecule has 200 valence electrons. The Morgan fingerprint density at radius 2 is 1.70 bits per heavy atom. The van der Waals surface area contributed by atoms with Gasteiger partial charge in [0.05, 0.1) is 5.92 Å². The smallest absolute Gasteiger partial charge is 0.349 e. The number of rotatable bonds is 8. The van der Waals surface area contributed by atoms with Gasteiger partial charge >= 0.3 is 5.97 Å². The maximum atomic E-state index is 13.2. The van der Waals surface area contributed by atoms with E-state index >= 15 is 0 Å². The summed E-state index contributed by atoms with van der Waals surface area (Å²) in [4.78, 5) is 12.4. The van der Waals surface area contributed by atoms with E-state index in [9.17, 15) is 14.4 Å². The molecule has 1 unspecified atom stereocenters. The normalized spacial score (nSPS) is 14.0. The molecule has 0 fully saturated rings. The predicted molar refractivity (Wildman–Crippen MR) is 148 cm³/mol. The number of carbonyl (C=O) groups is 1. The van der Waals surface area contributed by atoms with Crippen LogP contribution in [0.4, 0.5) is 4.39 Å². The molecule has 1 aliphatic rings. The van der Waals surface area contributed by atoms with Crippen molar-refractivity contribution < 1.29 is 28.1 Å². The third-order valence-corrected chi connectivity index (χ3v) is 6.63. The van der Waals surface area contributed by atoms with Crippen LogP contribution in [0.25, 0.3) is 0 Å². The average Bonchev–Trinajstić information content (AvgIpc) is 2.96. The van der Waals surface area contributed by atoms with Crippen LogP contribution in [-0.4, -0.2) is 12.6 Å². The molecule has 0 saturated carbocycles. The quantitative estimate of drug-likeness (QED) is 0.185. The largest absolute Gasteiger partial charge is 0.489 e. The van der Waals surface area contributed by atoms with Crippen molar-refractivity contribution in [1.82, 2.24) is 0 Å². The van der Waals surface area contributed by atoms with Gasteiger partial charge < -0.3 is 24.7 Å². The van der Waals surface area contributed by atoms with Gasteiger partial charge in [-0.15, -0.1) is 0 Å². The molecule has 0 aromatic heterocycles. The maximum absolute atomic E-state index is 13.2. The molecule has 9 heteroatoms. The lowest BCUT2D eigenvalue weighted by atomic mass is 9.83. The molecule has 4 aromatic rings. The predicted octanol–water partition coefficient (Wildman–Crippen LogP) is 6.37. The van der Waals surface area contributed by atoms with Crippen molar-refractivity contribution in [2.24, 2.45) is 5.73 Å². The molecule has 0 radical (unpaired) electrons. The molecule has 0 saturated heterocycles. The highest BCUT2D eigenvalue weighted by atomic mass is 79.9. The van der Waals surface area contributed by atoms with Gasteiger partial charge in [-0.3, -0.25) is 0 Å². The third-order valence-electron chi connectivity index (χ3n) is 6.10. The molecule has 0 aliphatic carbocycles. The Kier molecular flexibility index (Phi) is 7.99. The number of halogens is 2. The molecule has 0 spiro atoms. The van der Waals surface area contributed by atoms with Crippen molar-refractivity contribution in [3.8, 4) is 29.1 Å². The average molecular weight is 601 g/mol. The molecule has 7 nitrogen and oxygen atoms in total. The summed E-state index contributed by atoms with van der Waals surface area (Å²) < 4.78 is 36.7. The maximum Gasteiger partial charge on any atom is 0.349 e. The number of esters is 1. The summed E-state index contributed by atoms with van der Waals surface area (Å²) in [6.45, 7) is -0.0367. The lowest BCUT2D eigenvalue weighted by molar-refractivity contribution is -0.136. The zero-order valence-corrected chi connectivity index (χ0v) is 22.6. The summed E-state index contributed by atoms with van der Waals surface area (Å²) in [7, 11) is 0. The molecule has 40 heavy (non-hydrogen) atoms. The van der Waals surface area contributed by atoms with E-state index in [0.717, 1.165) is 15.6 Å². The Hall–Kier alpha value is -4.81. The van der Waals surface area contributed by atoms with E-state index in [1.54, 1.807) is 60.7 Å². The molecular weight excluding hydrogens is 579 g/mol. The summed E-state index contributed by atoms with van der Waals surface area (Å²) >= 11 is 3.35. The van der Waals surface area contributed by atoms with Crippen molar-refractivity contribution in [3.05, 3.63) is 129 Å². The first-order valence-electron chi connectivity index (χ1n) is 12.2. The summed E-state index contributed by atoms with van der Waals surface area (Å²) in [6, 6.07) is 27.5. The van der Waals surface area contributed by atoms with Crippen molar-refractivity contribution in [2.45, 2.75) is 12.5 Å². The van der Waals surface area contributed by atoms with Crippen LogP contribution in [0.3, 0.4) is 0 Å². The second-order valence-corrected chi connectivity index (χ2v) is 9.74. The fourth-order valence-electron chi connectivity index (χ4n) is 4.21. The second-order valence-electron chi connectivity index (χ2n) is 8.83. The van der Waals surface area contributed by atoms with Gasteiger partial charge in [0.25, 0.3) is 0 Å². The zero-order valence-electron chi connectivity index (χ0n) is 21.0. The standard InChI is InChI=1S/C31H22BrFN2O5/c32-21-6-10-23(11-7-21)38-18-29(36)39-25-12-13-26-28(15-25)40-31(35)27(16-34)30(26)20-2-1-3-24(14-20)37-17-19-4-8-22(33)9-5-19/h1-15,30H,17-18,35H2. The van der Waals surface area contributed by atoms with E-state index in [2.05, 4.69) is 22.0 Å². The first kappa shape index (κ1) is 26.8. The van der Waals surface area contributed by atoms with Gasteiger partial charge in [-0.1, -0.05) is 46.3 Å². The Morgan fingerprint density at radius 3 is 2.45 bits per heavy atom. The van der Waals surface area contributed by atoms with Crippen LogP contribution in [0.15, 0.2) is 107 Å². The fraction of sp³-hybridized carbons (Fsp3) is 0.0968. The molecule has 0 bridgehead atoms. The summed E-state index contributed by atoms with van der Waals surface area (Å²) in [6.07, 6.45) is 0. The molecular formula is C31H22BrFN2O5. The number of nitrogens with zero attached hydrogens (tertiary/aromatic N) is 1. The highest BCUT2D eigenvalue weighted by molar-refractivity contribution is 9.10. The summed E-state index contributed by atoms with van der Waals surface area (Å²) in [5.41, 5.74) is 8.62. The fourth-order valence-corrected chi connectivity index (χ4v) is 4.47. The highest BCUT2D eigenvalue weighted by Crippen LogP contribution is 2.44. The van der Waals surface area contributed by atoms with Crippen molar-refractivity contribution in [3.63, 3.8) is 0 Å². The minimum atomic E-state index is -0.595. The SMILES string of the molecule is N#CC1=C(N)Oc2cc(OC(=O)COc3ccc(Br)cc3)ccc2C1c1cccc(OCc2ccc(F)cc2)c1. The van der Waals surface area contributed by atoms with Crippen LogP contribution >= 0.6 is 15.9 Å². The summed E-state index contributed by atoms with van der Waals surface area (Å²) in [5.74, 6) is 0.217. The van der Waals surface area contributed by atoms with Crippen molar-refractivity contribution in [2.75, 3.05) is 6.61 Å². The van der Waals surface area contributed by atoms with E-state index in [1.165, 1.54) is 12.1 Å². The van der Waals surface area contributed by atoms with Crippen molar-refractivity contribution in [1.29, 1.82) is 5.26 Å². The molecule has 2 N–H and O–H groups in total. The molecule has 1 heterocycles. The minimum absolute atomic E-state index is 0.0420. The topological polar surface area (TPSA) is 104 Å². The number of allylic oxidation sites excluding steroid dienone is 1. The number of benzene rings is 4. The lowest BCUT2D eigenvalue weighted by Crippen LogP contribution is -2.21. The van der Waals surface area contributed by atoms with Crippen LogP contribution in [-0.2, 0) is 11.4 Å². The van der Waals surface area contributed by atoms with Crippen LogP contribution in [0.5, 0.6) is 23.0 Å². The van der Waals surface area contributed by atoms with Crippen molar-refractivity contribution >= 4 is 21.9 Å². The van der Waals surface area contributed by atoms with Gasteiger partial charge in [0.2, 0.25) is 5.88 Å². The third kappa shape index (κ3) is 6.25. The van der Waals surface area contributed by atoms with Gasteiger partial charge in [0.15, 0.2) is 6.61 Å². The molecule has 5 rings (SSSR count). The van der Waals surface area contributed by atoms with E-state index < -0.39 is 11.9 Å². The molecule has 4 aromatic carbocycles. The van der Waals surface area contributed by atoms with Crippen LogP contribution < -0.4 is 24.7 Å². The van der Waals surface area contributed by atoms with E-state index in [1.807, 2.05) is 18.2 Å². The highest BCUT2D eigenvalue weighted by Gasteiger charge is 2.31. The Morgan fingerprint density at radius 1 is 0.950 bits per heavy atom. The van der Waals surface area contributed by atoms with E-state index in [0.29, 0.717) is 22.8 Å². The number of fused-ring (bicyclic) bond motifs is 1. The Labute approximate surface area is 238 Å².